The third-order valence-corrected chi connectivity index (χ3v) is 2.23. The van der Waals surface area contributed by atoms with Crippen LogP contribution in [0.1, 0.15) is 16.1 Å². The minimum absolute atomic E-state index is 0.213. The first kappa shape index (κ1) is 11.5. The second-order valence-electron chi connectivity index (χ2n) is 3.46. The fourth-order valence-corrected chi connectivity index (χ4v) is 1.30. The average Bonchev–Trinajstić information content (AvgIpc) is 2.41. The highest BCUT2D eigenvalue weighted by molar-refractivity contribution is 6.04. The Morgan fingerprint density at radius 3 is 2.78 bits per heavy atom. The summed E-state index contributed by atoms with van der Waals surface area (Å²) in [4.78, 5) is 19.5. The summed E-state index contributed by atoms with van der Waals surface area (Å²) in [6.07, 6.45) is 4.31. The van der Waals surface area contributed by atoms with E-state index in [2.05, 4.69) is 15.3 Å². The van der Waals surface area contributed by atoms with Crippen molar-refractivity contribution in [3.63, 3.8) is 0 Å². The van der Waals surface area contributed by atoms with E-state index in [9.17, 15) is 4.79 Å². The third-order valence-electron chi connectivity index (χ3n) is 2.23. The predicted molar refractivity (Wildman–Crippen MR) is 65.6 cm³/mol. The SMILES string of the molecule is N#Cc1ccc(C(=O)Nc2ccncc2N)nc1. The number of aromatic nitrogens is 2. The number of nitriles is 1. The number of nitrogens with zero attached hydrogens (tertiary/aromatic N) is 3. The number of anilines is 2. The van der Waals surface area contributed by atoms with E-state index in [-0.39, 0.29) is 5.69 Å². The van der Waals surface area contributed by atoms with Crippen molar-refractivity contribution in [1.82, 2.24) is 9.97 Å². The summed E-state index contributed by atoms with van der Waals surface area (Å²) in [7, 11) is 0. The Kier molecular flexibility index (Phi) is 3.16. The molecule has 2 aromatic heterocycles. The topological polar surface area (TPSA) is 105 Å². The van der Waals surface area contributed by atoms with Crippen molar-refractivity contribution in [3.8, 4) is 6.07 Å². The molecule has 0 aliphatic carbocycles. The number of carbonyl (C=O) groups excluding carboxylic acids is 1. The molecule has 6 nitrogen and oxygen atoms in total. The van der Waals surface area contributed by atoms with Crippen LogP contribution in [0.15, 0.2) is 36.8 Å². The number of pyridine rings is 2. The Bertz CT molecular complexity index is 615. The van der Waals surface area contributed by atoms with Gasteiger partial charge in [-0.2, -0.15) is 5.26 Å². The molecule has 0 saturated carbocycles. The zero-order chi connectivity index (χ0) is 13.0. The first-order valence-electron chi connectivity index (χ1n) is 5.07. The van der Waals surface area contributed by atoms with Gasteiger partial charge in [0.25, 0.3) is 5.91 Å². The number of hydrogen-bond acceptors (Lipinski definition) is 5. The van der Waals surface area contributed by atoms with E-state index < -0.39 is 5.91 Å². The van der Waals surface area contributed by atoms with Gasteiger partial charge >= 0.3 is 0 Å². The molecular formula is C12H9N5O. The largest absolute Gasteiger partial charge is 0.396 e. The van der Waals surface area contributed by atoms with Gasteiger partial charge in [0.1, 0.15) is 11.8 Å². The molecule has 88 valence electrons. The van der Waals surface area contributed by atoms with Crippen molar-refractivity contribution in [1.29, 1.82) is 5.26 Å². The van der Waals surface area contributed by atoms with Gasteiger partial charge in [-0.3, -0.25) is 9.78 Å². The molecule has 0 atom stereocenters. The van der Waals surface area contributed by atoms with Crippen LogP contribution in [0.3, 0.4) is 0 Å². The van der Waals surface area contributed by atoms with Crippen LogP contribution >= 0.6 is 0 Å². The minimum atomic E-state index is -0.391. The second kappa shape index (κ2) is 4.93. The Hall–Kier alpha value is -2.94. The summed E-state index contributed by atoms with van der Waals surface area (Å²) < 4.78 is 0. The summed E-state index contributed by atoms with van der Waals surface area (Å²) >= 11 is 0. The lowest BCUT2D eigenvalue weighted by Gasteiger charge is -2.06. The molecular weight excluding hydrogens is 230 g/mol. The molecule has 2 aromatic rings. The van der Waals surface area contributed by atoms with Crippen LogP contribution in [0.4, 0.5) is 11.4 Å². The normalized spacial score (nSPS) is 9.50. The van der Waals surface area contributed by atoms with Crippen molar-refractivity contribution in [2.24, 2.45) is 0 Å². The minimum Gasteiger partial charge on any atom is -0.396 e. The number of carbonyl (C=O) groups is 1. The summed E-state index contributed by atoms with van der Waals surface area (Å²) in [6, 6.07) is 6.53. The Morgan fingerprint density at radius 2 is 2.17 bits per heavy atom. The van der Waals surface area contributed by atoms with Crippen LogP contribution in [0.5, 0.6) is 0 Å². The lowest BCUT2D eigenvalue weighted by Crippen LogP contribution is -2.14. The monoisotopic (exact) mass is 239 g/mol. The molecule has 2 heterocycles. The zero-order valence-corrected chi connectivity index (χ0v) is 9.29. The standard InChI is InChI=1S/C12H9N5O/c13-5-8-1-2-11(16-6-8)12(18)17-10-3-4-15-7-9(10)14/h1-4,6-7H,14H2,(H,15,17,18). The molecule has 0 saturated heterocycles. The molecule has 2 rings (SSSR count). The van der Waals surface area contributed by atoms with E-state index in [1.165, 1.54) is 30.7 Å². The molecule has 3 N–H and O–H groups in total. The van der Waals surface area contributed by atoms with Gasteiger partial charge in [0, 0.05) is 12.4 Å². The summed E-state index contributed by atoms with van der Waals surface area (Å²) in [5.41, 5.74) is 7.11. The molecule has 0 fully saturated rings. The van der Waals surface area contributed by atoms with Gasteiger partial charge in [-0.1, -0.05) is 0 Å². The molecule has 0 unspecified atom stereocenters. The van der Waals surface area contributed by atoms with E-state index in [1.54, 1.807) is 6.07 Å². The van der Waals surface area contributed by atoms with Gasteiger partial charge < -0.3 is 11.1 Å². The molecule has 0 aliphatic heterocycles. The number of nitrogens with one attached hydrogen (secondary N) is 1. The van der Waals surface area contributed by atoms with Crippen molar-refractivity contribution in [3.05, 3.63) is 48.0 Å². The van der Waals surface area contributed by atoms with Crippen LogP contribution in [-0.2, 0) is 0 Å². The molecule has 0 spiro atoms. The van der Waals surface area contributed by atoms with E-state index in [0.29, 0.717) is 16.9 Å². The maximum Gasteiger partial charge on any atom is 0.274 e. The fourth-order valence-electron chi connectivity index (χ4n) is 1.30. The van der Waals surface area contributed by atoms with Crippen molar-refractivity contribution < 1.29 is 4.79 Å². The molecule has 1 amide bonds. The molecule has 0 radical (unpaired) electrons. The highest BCUT2D eigenvalue weighted by Crippen LogP contribution is 2.15. The first-order chi connectivity index (χ1) is 8.70. The quantitative estimate of drug-likeness (QED) is 0.818. The molecule has 0 aliphatic rings. The lowest BCUT2D eigenvalue weighted by atomic mass is 10.2. The van der Waals surface area contributed by atoms with Gasteiger partial charge in [-0.15, -0.1) is 0 Å². The van der Waals surface area contributed by atoms with Gasteiger partial charge in [0.15, 0.2) is 0 Å². The van der Waals surface area contributed by atoms with E-state index >= 15 is 0 Å². The highest BCUT2D eigenvalue weighted by Gasteiger charge is 2.09. The van der Waals surface area contributed by atoms with Crippen molar-refractivity contribution >= 4 is 17.3 Å². The summed E-state index contributed by atoms with van der Waals surface area (Å²) in [6.45, 7) is 0. The Labute approximate surface area is 103 Å². The van der Waals surface area contributed by atoms with Crippen LogP contribution in [0, 0.1) is 11.3 Å². The van der Waals surface area contributed by atoms with Crippen molar-refractivity contribution in [2.45, 2.75) is 0 Å². The predicted octanol–water partition coefficient (Wildman–Crippen LogP) is 1.18. The molecule has 18 heavy (non-hydrogen) atoms. The maximum absolute atomic E-state index is 11.8. The number of hydrogen-bond donors (Lipinski definition) is 2. The smallest absolute Gasteiger partial charge is 0.274 e. The number of rotatable bonds is 2. The van der Waals surface area contributed by atoms with Crippen LogP contribution in [0.25, 0.3) is 0 Å². The average molecular weight is 239 g/mol. The fraction of sp³-hybridized carbons (Fsp3) is 0. The van der Waals surface area contributed by atoms with Crippen LogP contribution < -0.4 is 11.1 Å². The van der Waals surface area contributed by atoms with Gasteiger partial charge in [0.05, 0.1) is 23.1 Å². The highest BCUT2D eigenvalue weighted by atomic mass is 16.1. The van der Waals surface area contributed by atoms with Gasteiger partial charge in [-0.05, 0) is 18.2 Å². The maximum atomic E-state index is 11.8. The first-order valence-corrected chi connectivity index (χ1v) is 5.07. The van der Waals surface area contributed by atoms with E-state index in [1.807, 2.05) is 6.07 Å². The Balaban J connectivity index is 2.17. The third kappa shape index (κ3) is 2.41. The number of nitrogen functional groups attached to an aromatic ring is 1. The molecule has 0 aromatic carbocycles. The summed E-state index contributed by atoms with van der Waals surface area (Å²) in [5.74, 6) is -0.391. The zero-order valence-electron chi connectivity index (χ0n) is 9.29. The van der Waals surface area contributed by atoms with Gasteiger partial charge in [0.2, 0.25) is 0 Å². The van der Waals surface area contributed by atoms with E-state index in [4.69, 9.17) is 11.0 Å². The van der Waals surface area contributed by atoms with Crippen LogP contribution in [0.2, 0.25) is 0 Å². The van der Waals surface area contributed by atoms with Crippen LogP contribution in [-0.4, -0.2) is 15.9 Å². The Morgan fingerprint density at radius 1 is 1.33 bits per heavy atom. The summed E-state index contributed by atoms with van der Waals surface area (Å²) in [5, 5.41) is 11.2. The molecule has 0 bridgehead atoms. The number of nitrogens with two attached hydrogens (primary N) is 1. The van der Waals surface area contributed by atoms with Crippen molar-refractivity contribution in [2.75, 3.05) is 11.1 Å². The molecule has 6 heteroatoms. The van der Waals surface area contributed by atoms with Gasteiger partial charge in [-0.25, -0.2) is 4.98 Å². The van der Waals surface area contributed by atoms with E-state index in [0.717, 1.165) is 0 Å². The number of amides is 1. The lowest BCUT2D eigenvalue weighted by molar-refractivity contribution is 0.102. The second-order valence-corrected chi connectivity index (χ2v) is 3.46.